The molecule has 4 unspecified atom stereocenters. The van der Waals surface area contributed by atoms with Crippen LogP contribution in [0, 0.1) is 11.8 Å². The standard InChI is InChI=1S/C12H20ClNO/c1-8-5-3-4-6-10(8)11-7-12(9(2)13)15-14-11/h8-10,12H,3-7H2,1-2H3. The topological polar surface area (TPSA) is 21.6 Å². The van der Waals surface area contributed by atoms with E-state index in [1.807, 2.05) is 6.92 Å². The van der Waals surface area contributed by atoms with E-state index in [1.54, 1.807) is 0 Å². The lowest BCUT2D eigenvalue weighted by atomic mass is 9.76. The van der Waals surface area contributed by atoms with Gasteiger partial charge in [-0.2, -0.15) is 0 Å². The minimum Gasteiger partial charge on any atom is -0.391 e. The summed E-state index contributed by atoms with van der Waals surface area (Å²) in [4.78, 5) is 5.38. The summed E-state index contributed by atoms with van der Waals surface area (Å²) in [5.74, 6) is 1.42. The van der Waals surface area contributed by atoms with Gasteiger partial charge in [0.15, 0.2) is 0 Å². The van der Waals surface area contributed by atoms with E-state index < -0.39 is 0 Å². The Morgan fingerprint density at radius 2 is 2.13 bits per heavy atom. The average Bonchev–Trinajstić information content (AvgIpc) is 2.67. The summed E-state index contributed by atoms with van der Waals surface area (Å²) in [7, 11) is 0. The predicted molar refractivity (Wildman–Crippen MR) is 63.4 cm³/mol. The second kappa shape index (κ2) is 4.73. The first-order valence-corrected chi connectivity index (χ1v) is 6.48. The Kier molecular flexibility index (Phi) is 3.55. The van der Waals surface area contributed by atoms with Crippen molar-refractivity contribution < 1.29 is 4.84 Å². The van der Waals surface area contributed by atoms with E-state index in [-0.39, 0.29) is 11.5 Å². The molecule has 0 aromatic carbocycles. The number of hydrogen-bond donors (Lipinski definition) is 0. The van der Waals surface area contributed by atoms with Crippen LogP contribution in [-0.2, 0) is 4.84 Å². The van der Waals surface area contributed by atoms with Crippen molar-refractivity contribution in [1.29, 1.82) is 0 Å². The van der Waals surface area contributed by atoms with Crippen molar-refractivity contribution in [3.63, 3.8) is 0 Å². The quantitative estimate of drug-likeness (QED) is 0.664. The number of nitrogens with zero attached hydrogens (tertiary/aromatic N) is 1. The van der Waals surface area contributed by atoms with Crippen molar-refractivity contribution in [2.75, 3.05) is 0 Å². The highest BCUT2D eigenvalue weighted by Crippen LogP contribution is 2.34. The van der Waals surface area contributed by atoms with E-state index >= 15 is 0 Å². The van der Waals surface area contributed by atoms with E-state index in [0.29, 0.717) is 5.92 Å². The van der Waals surface area contributed by atoms with Crippen LogP contribution in [-0.4, -0.2) is 17.2 Å². The number of halogens is 1. The molecule has 0 aromatic rings. The van der Waals surface area contributed by atoms with Gasteiger partial charge in [-0.1, -0.05) is 31.3 Å². The summed E-state index contributed by atoms with van der Waals surface area (Å²) >= 11 is 6.03. The van der Waals surface area contributed by atoms with Gasteiger partial charge in [0.25, 0.3) is 0 Å². The molecule has 1 saturated carbocycles. The molecule has 0 bridgehead atoms. The van der Waals surface area contributed by atoms with Gasteiger partial charge in [0.1, 0.15) is 6.10 Å². The molecule has 0 saturated heterocycles. The van der Waals surface area contributed by atoms with Crippen molar-refractivity contribution in [3.8, 4) is 0 Å². The zero-order valence-corrected chi connectivity index (χ0v) is 10.3. The van der Waals surface area contributed by atoms with Gasteiger partial charge in [0, 0.05) is 12.3 Å². The minimum atomic E-state index is 0.0603. The fraction of sp³-hybridized carbons (Fsp3) is 0.917. The molecule has 1 aliphatic heterocycles. The fourth-order valence-electron chi connectivity index (χ4n) is 2.69. The Bertz CT molecular complexity index is 252. The Labute approximate surface area is 97.0 Å². The van der Waals surface area contributed by atoms with Gasteiger partial charge in [0.2, 0.25) is 0 Å². The predicted octanol–water partition coefficient (Wildman–Crippen LogP) is 3.58. The van der Waals surface area contributed by atoms with E-state index in [2.05, 4.69) is 12.1 Å². The van der Waals surface area contributed by atoms with Crippen molar-refractivity contribution >= 4 is 17.3 Å². The van der Waals surface area contributed by atoms with Gasteiger partial charge in [-0.15, -0.1) is 11.6 Å². The second-order valence-corrected chi connectivity index (χ2v) is 5.66. The maximum atomic E-state index is 6.03. The van der Waals surface area contributed by atoms with Crippen LogP contribution in [0.1, 0.15) is 46.0 Å². The highest BCUT2D eigenvalue weighted by atomic mass is 35.5. The zero-order valence-electron chi connectivity index (χ0n) is 9.58. The van der Waals surface area contributed by atoms with Gasteiger partial charge in [0.05, 0.1) is 11.1 Å². The van der Waals surface area contributed by atoms with Gasteiger partial charge in [-0.05, 0) is 19.3 Å². The van der Waals surface area contributed by atoms with Crippen LogP contribution < -0.4 is 0 Å². The largest absolute Gasteiger partial charge is 0.391 e. The van der Waals surface area contributed by atoms with E-state index in [9.17, 15) is 0 Å². The number of rotatable bonds is 2. The highest BCUT2D eigenvalue weighted by Gasteiger charge is 2.33. The minimum absolute atomic E-state index is 0.0603. The molecular formula is C12H20ClNO. The molecule has 86 valence electrons. The van der Waals surface area contributed by atoms with Gasteiger partial charge >= 0.3 is 0 Å². The second-order valence-electron chi connectivity index (χ2n) is 4.98. The zero-order chi connectivity index (χ0) is 10.8. The van der Waals surface area contributed by atoms with Crippen molar-refractivity contribution in [2.24, 2.45) is 17.0 Å². The third-order valence-electron chi connectivity index (χ3n) is 3.77. The molecule has 4 atom stereocenters. The lowest BCUT2D eigenvalue weighted by Gasteiger charge is -2.28. The summed E-state index contributed by atoms with van der Waals surface area (Å²) in [6, 6.07) is 0. The molecule has 1 fully saturated rings. The summed E-state index contributed by atoms with van der Waals surface area (Å²) in [6.45, 7) is 4.32. The van der Waals surface area contributed by atoms with Crippen LogP contribution in [0.3, 0.4) is 0 Å². The lowest BCUT2D eigenvalue weighted by Crippen LogP contribution is -2.27. The van der Waals surface area contributed by atoms with Gasteiger partial charge < -0.3 is 4.84 Å². The van der Waals surface area contributed by atoms with E-state index in [0.717, 1.165) is 12.3 Å². The van der Waals surface area contributed by atoms with Crippen LogP contribution in [0.15, 0.2) is 5.16 Å². The summed E-state index contributed by atoms with van der Waals surface area (Å²) in [5, 5.41) is 4.30. The number of hydrogen-bond acceptors (Lipinski definition) is 2. The monoisotopic (exact) mass is 229 g/mol. The summed E-state index contributed by atoms with van der Waals surface area (Å²) < 4.78 is 0. The van der Waals surface area contributed by atoms with Crippen LogP contribution >= 0.6 is 11.6 Å². The van der Waals surface area contributed by atoms with Crippen LogP contribution in [0.2, 0.25) is 0 Å². The number of oxime groups is 1. The molecule has 1 aliphatic carbocycles. The molecule has 2 aliphatic rings. The molecule has 0 radical (unpaired) electrons. The molecule has 15 heavy (non-hydrogen) atoms. The first kappa shape index (κ1) is 11.3. The maximum Gasteiger partial charge on any atom is 0.148 e. The smallest absolute Gasteiger partial charge is 0.148 e. The molecule has 0 aromatic heterocycles. The first-order chi connectivity index (χ1) is 7.18. The molecular weight excluding hydrogens is 210 g/mol. The molecule has 3 heteroatoms. The Hall–Kier alpha value is -0.240. The van der Waals surface area contributed by atoms with Crippen LogP contribution in [0.25, 0.3) is 0 Å². The highest BCUT2D eigenvalue weighted by molar-refractivity contribution is 6.21. The lowest BCUT2D eigenvalue weighted by molar-refractivity contribution is 0.0853. The molecule has 0 spiro atoms. The third kappa shape index (κ3) is 2.47. The fourth-order valence-corrected chi connectivity index (χ4v) is 2.83. The van der Waals surface area contributed by atoms with Crippen molar-refractivity contribution in [3.05, 3.63) is 0 Å². The van der Waals surface area contributed by atoms with E-state index in [1.165, 1.54) is 31.4 Å². The third-order valence-corrected chi connectivity index (χ3v) is 4.05. The van der Waals surface area contributed by atoms with Gasteiger partial charge in [-0.25, -0.2) is 0 Å². The summed E-state index contributed by atoms with van der Waals surface area (Å²) in [6.07, 6.45) is 6.39. The van der Waals surface area contributed by atoms with Crippen LogP contribution in [0.5, 0.6) is 0 Å². The average molecular weight is 230 g/mol. The SMILES string of the molecule is CC(Cl)C1CC(C2CCCCC2C)=NO1. The first-order valence-electron chi connectivity index (χ1n) is 6.05. The molecule has 0 amide bonds. The number of alkyl halides is 1. The molecule has 1 heterocycles. The normalized spacial score (nSPS) is 38.3. The Morgan fingerprint density at radius 3 is 2.73 bits per heavy atom. The molecule has 2 rings (SSSR count). The molecule has 2 nitrogen and oxygen atoms in total. The Balaban J connectivity index is 1.94. The van der Waals surface area contributed by atoms with Gasteiger partial charge in [-0.3, -0.25) is 0 Å². The maximum absolute atomic E-state index is 6.03. The summed E-state index contributed by atoms with van der Waals surface area (Å²) in [5.41, 5.74) is 1.26. The molecule has 0 N–H and O–H groups in total. The Morgan fingerprint density at radius 1 is 1.40 bits per heavy atom. The van der Waals surface area contributed by atoms with Crippen molar-refractivity contribution in [1.82, 2.24) is 0 Å². The van der Waals surface area contributed by atoms with Crippen LogP contribution in [0.4, 0.5) is 0 Å². The van der Waals surface area contributed by atoms with Crippen molar-refractivity contribution in [2.45, 2.75) is 57.4 Å². The van der Waals surface area contributed by atoms with E-state index in [4.69, 9.17) is 16.4 Å².